The molecule has 0 aliphatic carbocycles. The highest BCUT2D eigenvalue weighted by molar-refractivity contribution is 6.24. The molecule has 0 spiro atoms. The second-order valence-corrected chi connectivity index (χ2v) is 8.63. The highest BCUT2D eigenvalue weighted by Crippen LogP contribution is 2.49. The fourth-order valence-corrected chi connectivity index (χ4v) is 5.66. The number of hydrogen-bond acceptors (Lipinski definition) is 5. The Morgan fingerprint density at radius 3 is 2.07 bits per heavy atom. The Kier molecular flexibility index (Phi) is 4.45. The summed E-state index contributed by atoms with van der Waals surface area (Å²) in [4.78, 5) is 28.8. The van der Waals surface area contributed by atoms with Gasteiger partial charge in [0, 0.05) is 13.1 Å². The van der Waals surface area contributed by atoms with Crippen LogP contribution in [0.15, 0.2) is 36.4 Å². The lowest BCUT2D eigenvalue weighted by molar-refractivity contribution is -0.126. The van der Waals surface area contributed by atoms with Crippen LogP contribution in [-0.2, 0) is 9.59 Å². The zero-order chi connectivity index (χ0) is 21.2. The number of methoxy groups -OCH3 is 1. The molecule has 0 N–H and O–H groups in total. The smallest absolute Gasteiger partial charge is 0.253 e. The molecule has 2 aromatic rings. The van der Waals surface area contributed by atoms with E-state index in [1.807, 2.05) is 57.2 Å². The number of fused-ring (bicyclic) bond motifs is 3. The molecule has 3 aliphatic rings. The molecule has 2 amide bonds. The summed E-state index contributed by atoms with van der Waals surface area (Å²) in [6.07, 6.45) is 1.000. The van der Waals surface area contributed by atoms with Crippen molar-refractivity contribution in [1.82, 2.24) is 10.0 Å². The number of hydrogen-bond donors (Lipinski definition) is 0. The Hall–Kier alpha value is -2.70. The molecule has 30 heavy (non-hydrogen) atoms. The molecule has 3 atom stereocenters. The SMILES string of the molecule is COc1ccc(C2C3C(=O)N(c4c(C)cc(C)cc4C)C(=O)C3N3CCCN23)cc1. The number of hydrazine groups is 1. The van der Waals surface area contributed by atoms with Crippen LogP contribution in [0.25, 0.3) is 0 Å². The predicted octanol–water partition coefficient (Wildman–Crippen LogP) is 3.16. The summed E-state index contributed by atoms with van der Waals surface area (Å²) >= 11 is 0. The van der Waals surface area contributed by atoms with Gasteiger partial charge in [0.15, 0.2) is 0 Å². The first-order valence-electron chi connectivity index (χ1n) is 10.5. The van der Waals surface area contributed by atoms with Gasteiger partial charge in [-0.05, 0) is 56.0 Å². The number of carbonyl (C=O) groups is 2. The van der Waals surface area contributed by atoms with Crippen molar-refractivity contribution in [1.29, 1.82) is 0 Å². The topological polar surface area (TPSA) is 53.1 Å². The van der Waals surface area contributed by atoms with Crippen LogP contribution in [-0.4, -0.2) is 48.1 Å². The average Bonchev–Trinajstić information content (AvgIpc) is 3.35. The van der Waals surface area contributed by atoms with E-state index in [9.17, 15) is 9.59 Å². The molecular formula is C24H27N3O3. The standard InChI is InChI=1S/C24H27N3O3/c1-14-12-15(2)20(16(3)13-14)27-23(28)19-21(17-6-8-18(30-4)9-7-17)25-10-5-11-26(25)22(19)24(27)29/h6-9,12-13,19,21-22H,5,10-11H2,1-4H3. The van der Waals surface area contributed by atoms with Gasteiger partial charge < -0.3 is 4.74 Å². The van der Waals surface area contributed by atoms with E-state index in [1.165, 1.54) is 4.90 Å². The van der Waals surface area contributed by atoms with Crippen molar-refractivity contribution in [3.05, 3.63) is 58.7 Å². The third kappa shape index (κ3) is 2.63. The highest BCUT2D eigenvalue weighted by atomic mass is 16.5. The zero-order valence-corrected chi connectivity index (χ0v) is 17.9. The number of anilines is 1. The predicted molar refractivity (Wildman–Crippen MR) is 114 cm³/mol. The van der Waals surface area contributed by atoms with Crippen molar-refractivity contribution < 1.29 is 14.3 Å². The third-order valence-corrected chi connectivity index (χ3v) is 6.72. The highest BCUT2D eigenvalue weighted by Gasteiger charge is 2.63. The summed E-state index contributed by atoms with van der Waals surface area (Å²) in [6, 6.07) is 11.4. The van der Waals surface area contributed by atoms with Crippen LogP contribution in [0.5, 0.6) is 5.75 Å². The monoisotopic (exact) mass is 405 g/mol. The minimum atomic E-state index is -0.424. The molecule has 2 aromatic carbocycles. The van der Waals surface area contributed by atoms with Crippen molar-refractivity contribution in [2.75, 3.05) is 25.1 Å². The lowest BCUT2D eigenvalue weighted by Gasteiger charge is -2.30. The van der Waals surface area contributed by atoms with Crippen LogP contribution in [0.2, 0.25) is 0 Å². The second-order valence-electron chi connectivity index (χ2n) is 8.63. The molecule has 6 nitrogen and oxygen atoms in total. The number of imide groups is 1. The number of rotatable bonds is 3. The van der Waals surface area contributed by atoms with Gasteiger partial charge in [-0.3, -0.25) is 9.59 Å². The van der Waals surface area contributed by atoms with Crippen LogP contribution in [0.3, 0.4) is 0 Å². The summed E-state index contributed by atoms with van der Waals surface area (Å²) in [5.41, 5.74) is 4.87. The van der Waals surface area contributed by atoms with Gasteiger partial charge in [0.1, 0.15) is 11.8 Å². The molecule has 6 heteroatoms. The zero-order valence-electron chi connectivity index (χ0n) is 17.9. The van der Waals surface area contributed by atoms with Crippen molar-refractivity contribution in [3.8, 4) is 5.75 Å². The molecule has 3 fully saturated rings. The summed E-state index contributed by atoms with van der Waals surface area (Å²) in [5, 5.41) is 4.37. The fourth-order valence-electron chi connectivity index (χ4n) is 5.66. The maximum atomic E-state index is 13.8. The van der Waals surface area contributed by atoms with Gasteiger partial charge in [-0.2, -0.15) is 0 Å². The van der Waals surface area contributed by atoms with E-state index in [0.29, 0.717) is 0 Å². The summed E-state index contributed by atoms with van der Waals surface area (Å²) in [5.74, 6) is 0.206. The number of ether oxygens (including phenoxy) is 1. The maximum Gasteiger partial charge on any atom is 0.253 e. The van der Waals surface area contributed by atoms with Crippen molar-refractivity contribution in [2.45, 2.75) is 39.3 Å². The molecule has 156 valence electrons. The molecule has 3 saturated heterocycles. The van der Waals surface area contributed by atoms with Crippen molar-refractivity contribution >= 4 is 17.5 Å². The van der Waals surface area contributed by atoms with E-state index in [2.05, 4.69) is 10.0 Å². The molecule has 3 heterocycles. The minimum Gasteiger partial charge on any atom is -0.497 e. The first-order chi connectivity index (χ1) is 14.4. The molecule has 0 radical (unpaired) electrons. The number of carbonyl (C=O) groups excluding carboxylic acids is 2. The van der Waals surface area contributed by atoms with E-state index < -0.39 is 12.0 Å². The number of nitrogens with zero attached hydrogens (tertiary/aromatic N) is 3. The van der Waals surface area contributed by atoms with Gasteiger partial charge in [-0.25, -0.2) is 14.9 Å². The van der Waals surface area contributed by atoms with Gasteiger partial charge in [0.2, 0.25) is 5.91 Å². The van der Waals surface area contributed by atoms with Crippen LogP contribution < -0.4 is 9.64 Å². The van der Waals surface area contributed by atoms with Crippen LogP contribution in [0, 0.1) is 26.7 Å². The van der Waals surface area contributed by atoms with E-state index in [0.717, 1.165) is 53.2 Å². The lowest BCUT2D eigenvalue weighted by Crippen LogP contribution is -2.44. The van der Waals surface area contributed by atoms with Crippen LogP contribution in [0.1, 0.15) is 34.7 Å². The molecule has 3 aliphatic heterocycles. The molecule has 3 unspecified atom stereocenters. The Balaban J connectivity index is 1.59. The second kappa shape index (κ2) is 6.93. The molecular weight excluding hydrogens is 378 g/mol. The van der Waals surface area contributed by atoms with Crippen molar-refractivity contribution in [3.63, 3.8) is 0 Å². The molecule has 0 bridgehead atoms. The van der Waals surface area contributed by atoms with Crippen LogP contribution in [0.4, 0.5) is 5.69 Å². The van der Waals surface area contributed by atoms with E-state index in [1.54, 1.807) is 7.11 Å². The Labute approximate surface area is 177 Å². The molecule has 0 aromatic heterocycles. The maximum absolute atomic E-state index is 13.8. The van der Waals surface area contributed by atoms with Gasteiger partial charge in [0.05, 0.1) is 24.8 Å². The number of benzene rings is 2. The fraction of sp³-hybridized carbons (Fsp3) is 0.417. The first kappa shape index (κ1) is 19.3. The van der Waals surface area contributed by atoms with E-state index in [4.69, 9.17) is 4.74 Å². The Morgan fingerprint density at radius 1 is 0.867 bits per heavy atom. The third-order valence-electron chi connectivity index (χ3n) is 6.72. The van der Waals surface area contributed by atoms with Gasteiger partial charge >= 0.3 is 0 Å². The van der Waals surface area contributed by atoms with Gasteiger partial charge in [-0.1, -0.05) is 29.8 Å². The Bertz CT molecular complexity index is 1010. The largest absolute Gasteiger partial charge is 0.497 e. The Morgan fingerprint density at radius 2 is 1.47 bits per heavy atom. The van der Waals surface area contributed by atoms with Gasteiger partial charge in [-0.15, -0.1) is 0 Å². The summed E-state index contributed by atoms with van der Waals surface area (Å²) < 4.78 is 5.30. The lowest BCUT2D eigenvalue weighted by atomic mass is 9.90. The number of aryl methyl sites for hydroxylation is 3. The van der Waals surface area contributed by atoms with E-state index in [-0.39, 0.29) is 17.9 Å². The minimum absolute atomic E-state index is 0.0877. The van der Waals surface area contributed by atoms with Gasteiger partial charge in [0.25, 0.3) is 5.91 Å². The summed E-state index contributed by atoms with van der Waals surface area (Å²) in [7, 11) is 1.64. The average molecular weight is 405 g/mol. The summed E-state index contributed by atoms with van der Waals surface area (Å²) in [6.45, 7) is 7.67. The van der Waals surface area contributed by atoms with Crippen LogP contribution >= 0.6 is 0 Å². The quantitative estimate of drug-likeness (QED) is 0.735. The number of amides is 2. The van der Waals surface area contributed by atoms with E-state index >= 15 is 0 Å². The molecule has 0 saturated carbocycles. The first-order valence-corrected chi connectivity index (χ1v) is 10.5. The molecule has 5 rings (SSSR count). The van der Waals surface area contributed by atoms with Crippen molar-refractivity contribution in [2.24, 2.45) is 5.92 Å². The normalized spacial score (nSPS) is 26.4.